The van der Waals surface area contributed by atoms with Gasteiger partial charge in [0.25, 0.3) is 5.56 Å². The van der Waals surface area contributed by atoms with Crippen LogP contribution in [0.4, 0.5) is 5.69 Å². The molecule has 0 radical (unpaired) electrons. The summed E-state index contributed by atoms with van der Waals surface area (Å²) in [6.07, 6.45) is 0. The van der Waals surface area contributed by atoms with Gasteiger partial charge >= 0.3 is 0 Å². The number of benzene rings is 1. The molecule has 0 saturated heterocycles. The highest BCUT2D eigenvalue weighted by Crippen LogP contribution is 2.15. The fourth-order valence-corrected chi connectivity index (χ4v) is 4.95. The summed E-state index contributed by atoms with van der Waals surface area (Å²) in [7, 11) is -3.81. The zero-order valence-corrected chi connectivity index (χ0v) is 18.9. The summed E-state index contributed by atoms with van der Waals surface area (Å²) in [5.74, 6) is -0.719. The fraction of sp³-hybridized carbons (Fsp3) is 0.190. The van der Waals surface area contributed by atoms with E-state index in [1.165, 1.54) is 22.0 Å². The van der Waals surface area contributed by atoms with Crippen molar-refractivity contribution in [2.24, 2.45) is 5.73 Å². The van der Waals surface area contributed by atoms with Crippen LogP contribution in [0.25, 0.3) is 0 Å². The third-order valence-electron chi connectivity index (χ3n) is 4.55. The molecule has 0 unspecified atom stereocenters. The molecule has 168 valence electrons. The van der Waals surface area contributed by atoms with Crippen LogP contribution in [0.2, 0.25) is 0 Å². The summed E-state index contributed by atoms with van der Waals surface area (Å²) in [5.41, 5.74) is 5.82. The second-order valence-electron chi connectivity index (χ2n) is 7.08. The molecule has 0 aliphatic heterocycles. The van der Waals surface area contributed by atoms with Gasteiger partial charge in [-0.25, -0.2) is 8.42 Å². The van der Waals surface area contributed by atoms with Crippen LogP contribution in [-0.4, -0.2) is 24.7 Å². The first-order valence-electron chi connectivity index (χ1n) is 9.59. The van der Waals surface area contributed by atoms with Gasteiger partial charge in [-0.05, 0) is 36.8 Å². The molecule has 9 nitrogen and oxygen atoms in total. The van der Waals surface area contributed by atoms with Gasteiger partial charge in [0.15, 0.2) is 0 Å². The predicted octanol–water partition coefficient (Wildman–Crippen LogP) is 1.76. The molecule has 2 heterocycles. The molecule has 5 N–H and O–H groups in total. The van der Waals surface area contributed by atoms with E-state index in [9.17, 15) is 18.0 Å². The number of hydrogen-bond acceptors (Lipinski definition) is 6. The quantitative estimate of drug-likeness (QED) is 0.276. The number of carbonyl (C=O) groups is 1. The molecule has 0 fully saturated rings. The molecule has 1 amide bonds. The first kappa shape index (κ1) is 23.2. The summed E-state index contributed by atoms with van der Waals surface area (Å²) in [6.45, 7) is 1.63. The lowest BCUT2D eigenvalue weighted by Gasteiger charge is -2.13. The molecule has 0 aliphatic carbocycles. The van der Waals surface area contributed by atoms with E-state index in [0.717, 1.165) is 4.88 Å². The van der Waals surface area contributed by atoms with Crippen LogP contribution < -0.4 is 21.3 Å². The van der Waals surface area contributed by atoms with E-state index in [1.807, 2.05) is 0 Å². The number of rotatable bonds is 9. The standard InChI is InChI=1S/C21H23N5O4S2/c1-14-7-9-17(25-32(29,30)13-15-5-3-2-4-6-15)21(28)26(14)12-19(27)24-11-16-8-10-18(31-16)20(22)23/h2-10,25H,11-13H2,1H3,(H3,22,23)(H,24,27). The number of thiophene rings is 1. The largest absolute Gasteiger partial charge is 0.383 e. The number of aryl methyl sites for hydroxylation is 1. The van der Waals surface area contributed by atoms with Gasteiger partial charge in [-0.2, -0.15) is 0 Å². The molecule has 0 atom stereocenters. The Balaban J connectivity index is 1.69. The molecule has 32 heavy (non-hydrogen) atoms. The SMILES string of the molecule is Cc1ccc(NS(=O)(=O)Cc2ccccc2)c(=O)n1CC(=O)NCc1ccc(C(=N)N)s1. The minimum atomic E-state index is -3.81. The molecule has 0 bridgehead atoms. The third-order valence-corrected chi connectivity index (χ3v) is 6.91. The highest BCUT2D eigenvalue weighted by molar-refractivity contribution is 7.91. The Labute approximate surface area is 189 Å². The Kier molecular flexibility index (Phi) is 7.11. The number of aromatic nitrogens is 1. The Morgan fingerprint density at radius 2 is 1.84 bits per heavy atom. The molecule has 0 aliphatic rings. The lowest BCUT2D eigenvalue weighted by molar-refractivity contribution is -0.121. The van der Waals surface area contributed by atoms with Crippen molar-refractivity contribution in [3.05, 3.63) is 86.0 Å². The summed E-state index contributed by atoms with van der Waals surface area (Å²) < 4.78 is 28.5. The van der Waals surface area contributed by atoms with Crippen molar-refractivity contribution in [2.45, 2.75) is 25.8 Å². The molecule has 2 aromatic heterocycles. The molecular formula is C21H23N5O4S2. The minimum absolute atomic E-state index is 0.0405. The van der Waals surface area contributed by atoms with Crippen LogP contribution >= 0.6 is 11.3 Å². The van der Waals surface area contributed by atoms with Crippen molar-refractivity contribution in [1.82, 2.24) is 9.88 Å². The van der Waals surface area contributed by atoms with Gasteiger partial charge in [0.05, 0.1) is 17.2 Å². The number of amides is 1. The van der Waals surface area contributed by atoms with E-state index in [4.69, 9.17) is 11.1 Å². The number of carbonyl (C=O) groups excluding carboxylic acids is 1. The lowest BCUT2D eigenvalue weighted by Crippen LogP contribution is -2.34. The summed E-state index contributed by atoms with van der Waals surface area (Å²) in [6, 6.07) is 15.1. The van der Waals surface area contributed by atoms with Gasteiger partial charge in [-0.1, -0.05) is 30.3 Å². The number of pyridine rings is 1. The summed E-state index contributed by atoms with van der Waals surface area (Å²) >= 11 is 1.30. The van der Waals surface area contributed by atoms with Crippen LogP contribution in [0.5, 0.6) is 0 Å². The molecule has 11 heteroatoms. The molecule has 1 aromatic carbocycles. The highest BCUT2D eigenvalue weighted by Gasteiger charge is 2.16. The third kappa shape index (κ3) is 6.05. The van der Waals surface area contributed by atoms with E-state index >= 15 is 0 Å². The average molecular weight is 474 g/mol. The van der Waals surface area contributed by atoms with Gasteiger partial charge in [0, 0.05) is 10.6 Å². The predicted molar refractivity (Wildman–Crippen MR) is 125 cm³/mol. The van der Waals surface area contributed by atoms with Gasteiger partial charge in [-0.3, -0.25) is 19.7 Å². The Morgan fingerprint density at radius 1 is 1.12 bits per heavy atom. The van der Waals surface area contributed by atoms with Crippen LogP contribution in [0.1, 0.15) is 21.0 Å². The number of nitrogens with zero attached hydrogens (tertiary/aromatic N) is 1. The number of sulfonamides is 1. The Morgan fingerprint density at radius 3 is 2.50 bits per heavy atom. The number of amidine groups is 1. The maximum atomic E-state index is 12.8. The van der Waals surface area contributed by atoms with E-state index < -0.39 is 21.5 Å². The van der Waals surface area contributed by atoms with E-state index in [2.05, 4.69) is 10.0 Å². The van der Waals surface area contributed by atoms with Crippen molar-refractivity contribution in [3.63, 3.8) is 0 Å². The van der Waals surface area contributed by atoms with Crippen LogP contribution in [-0.2, 0) is 33.7 Å². The molecular weight excluding hydrogens is 450 g/mol. The molecule has 0 spiro atoms. The van der Waals surface area contributed by atoms with Gasteiger partial charge < -0.3 is 15.6 Å². The van der Waals surface area contributed by atoms with Gasteiger partial charge in [0.2, 0.25) is 15.9 Å². The van der Waals surface area contributed by atoms with E-state index in [0.29, 0.717) is 16.1 Å². The van der Waals surface area contributed by atoms with E-state index in [1.54, 1.807) is 55.5 Å². The van der Waals surface area contributed by atoms with Crippen LogP contribution in [0, 0.1) is 12.3 Å². The summed E-state index contributed by atoms with van der Waals surface area (Å²) in [5, 5.41) is 10.1. The maximum Gasteiger partial charge on any atom is 0.275 e. The highest BCUT2D eigenvalue weighted by atomic mass is 32.2. The second-order valence-corrected chi connectivity index (χ2v) is 9.97. The molecule has 0 saturated carbocycles. The number of nitrogen functional groups attached to an aromatic ring is 1. The number of nitrogens with one attached hydrogen (secondary N) is 3. The number of nitrogens with two attached hydrogens (primary N) is 1. The first-order valence-corrected chi connectivity index (χ1v) is 12.1. The van der Waals surface area contributed by atoms with Crippen LogP contribution in [0.3, 0.4) is 0 Å². The van der Waals surface area contributed by atoms with Crippen molar-refractivity contribution in [1.29, 1.82) is 5.41 Å². The zero-order valence-electron chi connectivity index (χ0n) is 17.3. The maximum absolute atomic E-state index is 12.8. The van der Waals surface area contributed by atoms with Crippen molar-refractivity contribution in [3.8, 4) is 0 Å². The Bertz CT molecular complexity index is 1300. The van der Waals surface area contributed by atoms with Crippen LogP contribution in [0.15, 0.2) is 59.4 Å². The smallest absolute Gasteiger partial charge is 0.275 e. The average Bonchev–Trinajstić information content (AvgIpc) is 3.21. The van der Waals surface area contributed by atoms with Crippen molar-refractivity contribution < 1.29 is 13.2 Å². The topological polar surface area (TPSA) is 147 Å². The Hall–Kier alpha value is -3.44. The number of anilines is 1. The van der Waals surface area contributed by atoms with Gasteiger partial charge in [-0.15, -0.1) is 11.3 Å². The monoisotopic (exact) mass is 473 g/mol. The lowest BCUT2D eigenvalue weighted by atomic mass is 10.2. The summed E-state index contributed by atoms with van der Waals surface area (Å²) in [4.78, 5) is 26.6. The second kappa shape index (κ2) is 9.79. The van der Waals surface area contributed by atoms with Crippen molar-refractivity contribution in [2.75, 3.05) is 4.72 Å². The fourth-order valence-electron chi connectivity index (χ4n) is 2.95. The minimum Gasteiger partial charge on any atom is -0.383 e. The molecule has 3 aromatic rings. The normalized spacial score (nSPS) is 11.2. The zero-order chi connectivity index (χ0) is 23.3. The van der Waals surface area contributed by atoms with E-state index in [-0.39, 0.29) is 30.4 Å². The van der Waals surface area contributed by atoms with Crippen molar-refractivity contribution >= 4 is 38.8 Å². The van der Waals surface area contributed by atoms with Gasteiger partial charge in [0.1, 0.15) is 18.1 Å². The first-order chi connectivity index (χ1) is 15.1. The number of hydrogen-bond donors (Lipinski definition) is 4. The molecule has 3 rings (SSSR count).